The number of likely N-dealkylation sites (N-methyl/N-ethyl adjacent to an activating group) is 1. The molecular formula is C26H37N3O4S. The number of nitrogens with zero attached hydrogens (tertiary/aromatic N) is 3. The summed E-state index contributed by atoms with van der Waals surface area (Å²) in [6.45, 7) is 8.60. The van der Waals surface area contributed by atoms with Crippen LogP contribution in [0.25, 0.3) is 6.08 Å². The van der Waals surface area contributed by atoms with Crippen LogP contribution in [0.15, 0.2) is 54.6 Å². The third-order valence-electron chi connectivity index (χ3n) is 5.46. The SMILES string of the molecule is CCN(CC)c1ccc(CN(CCN(C)C)C(=O)/C=C/c2ccccc2)c(OS(=O)(=O)CC)c1. The van der Waals surface area contributed by atoms with E-state index in [1.165, 1.54) is 0 Å². The maximum Gasteiger partial charge on any atom is 0.308 e. The van der Waals surface area contributed by atoms with Gasteiger partial charge < -0.3 is 18.9 Å². The number of hydrogen-bond acceptors (Lipinski definition) is 6. The minimum Gasteiger partial charge on any atom is -0.382 e. The third-order valence-corrected chi connectivity index (χ3v) is 6.60. The summed E-state index contributed by atoms with van der Waals surface area (Å²) in [5.41, 5.74) is 2.46. The molecule has 1 amide bonds. The van der Waals surface area contributed by atoms with Crippen LogP contribution in [0.3, 0.4) is 0 Å². The zero-order chi connectivity index (χ0) is 25.1. The van der Waals surface area contributed by atoms with Gasteiger partial charge in [-0.2, -0.15) is 8.42 Å². The van der Waals surface area contributed by atoms with Crippen molar-refractivity contribution in [1.29, 1.82) is 0 Å². The molecule has 0 bridgehead atoms. The second-order valence-corrected chi connectivity index (χ2v) is 10.1. The molecule has 0 aromatic heterocycles. The van der Waals surface area contributed by atoms with Crippen molar-refractivity contribution >= 4 is 27.8 Å². The van der Waals surface area contributed by atoms with Crippen LogP contribution in [-0.4, -0.2) is 70.2 Å². The lowest BCUT2D eigenvalue weighted by molar-refractivity contribution is -0.126. The van der Waals surface area contributed by atoms with E-state index in [0.29, 0.717) is 18.7 Å². The van der Waals surface area contributed by atoms with E-state index >= 15 is 0 Å². The number of carbonyl (C=O) groups excluding carboxylic acids is 1. The zero-order valence-corrected chi connectivity index (χ0v) is 21.7. The van der Waals surface area contributed by atoms with E-state index in [-0.39, 0.29) is 24.0 Å². The van der Waals surface area contributed by atoms with Crippen LogP contribution in [0.5, 0.6) is 5.75 Å². The molecule has 7 nitrogen and oxygen atoms in total. The summed E-state index contributed by atoms with van der Waals surface area (Å²) in [5, 5.41) is 0. The highest BCUT2D eigenvalue weighted by Gasteiger charge is 2.19. The Morgan fingerprint density at radius 2 is 1.65 bits per heavy atom. The summed E-state index contributed by atoms with van der Waals surface area (Å²) in [6.07, 6.45) is 3.34. The fraction of sp³-hybridized carbons (Fsp3) is 0.423. The first-order valence-electron chi connectivity index (χ1n) is 11.7. The molecule has 0 fully saturated rings. The van der Waals surface area contributed by atoms with Crippen LogP contribution in [-0.2, 0) is 21.5 Å². The lowest BCUT2D eigenvalue weighted by atomic mass is 10.1. The molecule has 186 valence electrons. The largest absolute Gasteiger partial charge is 0.382 e. The molecule has 0 aliphatic carbocycles. The summed E-state index contributed by atoms with van der Waals surface area (Å²) >= 11 is 0. The van der Waals surface area contributed by atoms with Gasteiger partial charge in [0.1, 0.15) is 5.75 Å². The molecule has 0 aliphatic heterocycles. The molecule has 2 aromatic rings. The Hall–Kier alpha value is -2.84. The quantitative estimate of drug-likeness (QED) is 0.316. The first-order valence-corrected chi connectivity index (χ1v) is 13.2. The van der Waals surface area contributed by atoms with Crippen LogP contribution in [0.4, 0.5) is 5.69 Å². The second kappa shape index (κ2) is 13.2. The van der Waals surface area contributed by atoms with E-state index in [0.717, 1.165) is 24.3 Å². The van der Waals surface area contributed by atoms with Crippen molar-refractivity contribution in [3.63, 3.8) is 0 Å². The molecule has 0 heterocycles. The van der Waals surface area contributed by atoms with Crippen LogP contribution in [0.1, 0.15) is 31.9 Å². The van der Waals surface area contributed by atoms with E-state index in [1.807, 2.05) is 75.3 Å². The Balaban J connectivity index is 2.38. The molecule has 0 radical (unpaired) electrons. The minimum absolute atomic E-state index is 0.134. The summed E-state index contributed by atoms with van der Waals surface area (Å²) in [5.74, 6) is -0.0193. The molecule has 2 rings (SSSR count). The van der Waals surface area contributed by atoms with Gasteiger partial charge in [-0.05, 0) is 52.6 Å². The van der Waals surface area contributed by atoms with E-state index in [2.05, 4.69) is 4.90 Å². The van der Waals surface area contributed by atoms with Gasteiger partial charge in [0.2, 0.25) is 5.91 Å². The smallest absolute Gasteiger partial charge is 0.308 e. The first-order chi connectivity index (χ1) is 16.2. The van der Waals surface area contributed by atoms with Gasteiger partial charge in [0.15, 0.2) is 0 Å². The summed E-state index contributed by atoms with van der Waals surface area (Å²) < 4.78 is 30.1. The van der Waals surface area contributed by atoms with Gasteiger partial charge in [0, 0.05) is 56.1 Å². The molecule has 0 saturated heterocycles. The molecule has 34 heavy (non-hydrogen) atoms. The van der Waals surface area contributed by atoms with E-state index in [4.69, 9.17) is 4.18 Å². The summed E-state index contributed by atoms with van der Waals surface area (Å²) in [7, 11) is 0.173. The number of carbonyl (C=O) groups is 1. The Bertz CT molecular complexity index is 1050. The van der Waals surface area contributed by atoms with Crippen LogP contribution in [0.2, 0.25) is 0 Å². The van der Waals surface area contributed by atoms with E-state index in [1.54, 1.807) is 30.0 Å². The molecule has 0 N–H and O–H groups in total. The maximum atomic E-state index is 13.1. The Labute approximate surface area is 204 Å². The van der Waals surface area contributed by atoms with Crippen molar-refractivity contribution in [3.8, 4) is 5.75 Å². The fourth-order valence-corrected chi connectivity index (χ4v) is 3.91. The Morgan fingerprint density at radius 3 is 2.24 bits per heavy atom. The monoisotopic (exact) mass is 487 g/mol. The van der Waals surface area contributed by atoms with Gasteiger partial charge in [-0.15, -0.1) is 0 Å². The average Bonchev–Trinajstić information content (AvgIpc) is 2.82. The minimum atomic E-state index is -3.72. The van der Waals surface area contributed by atoms with Crippen molar-refractivity contribution in [2.75, 3.05) is 50.9 Å². The molecule has 8 heteroatoms. The lowest BCUT2D eigenvalue weighted by Gasteiger charge is -2.26. The average molecular weight is 488 g/mol. The maximum absolute atomic E-state index is 13.1. The predicted octanol–water partition coefficient (Wildman–Crippen LogP) is 3.86. The molecule has 2 aromatic carbocycles. The number of benzene rings is 2. The fourth-order valence-electron chi connectivity index (χ4n) is 3.36. The van der Waals surface area contributed by atoms with Gasteiger partial charge >= 0.3 is 10.1 Å². The van der Waals surface area contributed by atoms with Crippen molar-refractivity contribution in [2.45, 2.75) is 27.3 Å². The summed E-state index contributed by atoms with van der Waals surface area (Å²) in [6, 6.07) is 15.2. The van der Waals surface area contributed by atoms with Crippen LogP contribution in [0, 0.1) is 0 Å². The topological polar surface area (TPSA) is 70.2 Å². The first kappa shape index (κ1) is 27.4. The van der Waals surface area contributed by atoms with Gasteiger partial charge in [-0.1, -0.05) is 36.4 Å². The van der Waals surface area contributed by atoms with Gasteiger partial charge in [-0.3, -0.25) is 4.79 Å². The van der Waals surface area contributed by atoms with E-state index < -0.39 is 10.1 Å². The third kappa shape index (κ3) is 8.50. The second-order valence-electron chi connectivity index (χ2n) is 8.20. The van der Waals surface area contributed by atoms with Crippen molar-refractivity contribution in [1.82, 2.24) is 9.80 Å². The summed E-state index contributed by atoms with van der Waals surface area (Å²) in [4.78, 5) is 18.9. The molecular weight excluding hydrogens is 450 g/mol. The number of anilines is 1. The number of hydrogen-bond donors (Lipinski definition) is 0. The van der Waals surface area contributed by atoms with Gasteiger partial charge in [0.25, 0.3) is 0 Å². The lowest BCUT2D eigenvalue weighted by Crippen LogP contribution is -2.35. The highest BCUT2D eigenvalue weighted by molar-refractivity contribution is 7.87. The van der Waals surface area contributed by atoms with Crippen LogP contribution >= 0.6 is 0 Å². The predicted molar refractivity (Wildman–Crippen MR) is 140 cm³/mol. The molecule has 0 spiro atoms. The standard InChI is InChI=1S/C26H37N3O4S/c1-6-28(7-2)24-16-15-23(25(20-24)33-34(31,32)8-3)21-29(19-18-27(4)5)26(30)17-14-22-12-10-9-11-13-22/h9-17,20H,6-8,18-19,21H2,1-5H3/b17-14+. The van der Waals surface area contributed by atoms with Crippen LogP contribution < -0.4 is 9.08 Å². The number of amides is 1. The zero-order valence-electron chi connectivity index (χ0n) is 20.9. The molecule has 0 saturated carbocycles. The van der Waals surface area contributed by atoms with Gasteiger partial charge in [-0.25, -0.2) is 0 Å². The van der Waals surface area contributed by atoms with Gasteiger partial charge in [0.05, 0.1) is 5.75 Å². The van der Waals surface area contributed by atoms with Crippen molar-refractivity contribution < 1.29 is 17.4 Å². The van der Waals surface area contributed by atoms with Crippen molar-refractivity contribution in [3.05, 3.63) is 65.7 Å². The highest BCUT2D eigenvalue weighted by atomic mass is 32.2. The number of rotatable bonds is 13. The molecule has 0 atom stereocenters. The Kier molecular flexibility index (Phi) is 10.6. The highest BCUT2D eigenvalue weighted by Crippen LogP contribution is 2.28. The Morgan fingerprint density at radius 1 is 0.971 bits per heavy atom. The van der Waals surface area contributed by atoms with E-state index in [9.17, 15) is 13.2 Å². The van der Waals surface area contributed by atoms with Crippen molar-refractivity contribution in [2.24, 2.45) is 0 Å². The normalized spacial score (nSPS) is 11.7. The molecule has 0 aliphatic rings. The molecule has 0 unspecified atom stereocenters.